The highest BCUT2D eigenvalue weighted by atomic mass is 19.3. The van der Waals surface area contributed by atoms with Gasteiger partial charge in [-0.25, -0.2) is 8.78 Å². The van der Waals surface area contributed by atoms with Crippen molar-refractivity contribution < 1.29 is 13.6 Å². The largest absolute Gasteiger partial charge is 0.326 e. The number of anilines is 1. The normalized spacial score (nSPS) is 11.1. The van der Waals surface area contributed by atoms with Gasteiger partial charge in [0.1, 0.15) is 0 Å². The molecule has 3 N–H and O–H groups in total. The van der Waals surface area contributed by atoms with Gasteiger partial charge >= 0.3 is 0 Å². The fourth-order valence-electron chi connectivity index (χ4n) is 1.78. The number of carbonyl (C=O) groups is 1. The predicted molar refractivity (Wildman–Crippen MR) is 75.7 cm³/mol. The lowest BCUT2D eigenvalue weighted by Gasteiger charge is -2.15. The Morgan fingerprint density at radius 2 is 2.00 bits per heavy atom. The lowest BCUT2D eigenvalue weighted by Crippen LogP contribution is -2.26. The Labute approximate surface area is 117 Å². The summed E-state index contributed by atoms with van der Waals surface area (Å²) in [6.45, 7) is 0.677. The van der Waals surface area contributed by atoms with Crippen LogP contribution in [0.4, 0.5) is 14.5 Å². The van der Waals surface area contributed by atoms with Crippen LogP contribution in [0.1, 0.15) is 18.4 Å². The fraction of sp³-hybridized carbons (Fsp3) is 0.500. The van der Waals surface area contributed by atoms with E-state index in [0.29, 0.717) is 31.6 Å². The maximum atomic E-state index is 12.1. The molecule has 0 spiro atoms. The minimum absolute atomic E-state index is 0.115. The Hall–Kier alpha value is -1.53. The molecule has 4 nitrogen and oxygen atoms in total. The van der Waals surface area contributed by atoms with Crippen molar-refractivity contribution in [3.05, 3.63) is 29.8 Å². The standard InChI is InChI=1S/C14H21F2N3O/c1-19(10-13(15)16)8-2-3-14(20)18-12-6-4-11(9-17)5-7-12/h4-7,13H,2-3,8-10,17H2,1H3,(H,18,20). The molecule has 0 atom stereocenters. The number of nitrogens with one attached hydrogen (secondary N) is 1. The molecule has 6 heteroatoms. The topological polar surface area (TPSA) is 58.4 Å². The SMILES string of the molecule is CN(CCCC(=O)Nc1ccc(CN)cc1)CC(F)F. The molecule has 0 saturated carbocycles. The van der Waals surface area contributed by atoms with Crippen molar-refractivity contribution in [3.63, 3.8) is 0 Å². The highest BCUT2D eigenvalue weighted by Gasteiger charge is 2.08. The van der Waals surface area contributed by atoms with E-state index in [9.17, 15) is 13.6 Å². The van der Waals surface area contributed by atoms with E-state index in [1.807, 2.05) is 12.1 Å². The number of hydrogen-bond acceptors (Lipinski definition) is 3. The Kier molecular flexibility index (Phi) is 7.11. The first-order valence-electron chi connectivity index (χ1n) is 6.57. The average molecular weight is 285 g/mol. The molecule has 0 aromatic heterocycles. The van der Waals surface area contributed by atoms with E-state index in [0.717, 1.165) is 5.56 Å². The number of alkyl halides is 2. The number of amides is 1. The first kappa shape index (κ1) is 16.5. The number of rotatable bonds is 8. The highest BCUT2D eigenvalue weighted by molar-refractivity contribution is 5.90. The van der Waals surface area contributed by atoms with Crippen molar-refractivity contribution in [1.82, 2.24) is 4.90 Å². The second kappa shape index (κ2) is 8.60. The number of halogens is 2. The van der Waals surface area contributed by atoms with Crippen LogP contribution in [0.25, 0.3) is 0 Å². The third-order valence-corrected chi connectivity index (χ3v) is 2.87. The van der Waals surface area contributed by atoms with Crippen LogP contribution in [-0.2, 0) is 11.3 Å². The monoisotopic (exact) mass is 285 g/mol. The van der Waals surface area contributed by atoms with Crippen LogP contribution in [0, 0.1) is 0 Å². The number of carbonyl (C=O) groups excluding carboxylic acids is 1. The second-order valence-electron chi connectivity index (χ2n) is 4.71. The summed E-state index contributed by atoms with van der Waals surface area (Å²) in [5, 5.41) is 2.76. The van der Waals surface area contributed by atoms with Gasteiger partial charge in [-0.2, -0.15) is 0 Å². The summed E-state index contributed by atoms with van der Waals surface area (Å²) in [4.78, 5) is 13.2. The number of nitrogens with two attached hydrogens (primary N) is 1. The van der Waals surface area contributed by atoms with Crippen molar-refractivity contribution in [3.8, 4) is 0 Å². The number of nitrogens with zero attached hydrogens (tertiary/aromatic N) is 1. The van der Waals surface area contributed by atoms with Gasteiger partial charge < -0.3 is 16.0 Å². The summed E-state index contributed by atoms with van der Waals surface area (Å²) in [6, 6.07) is 7.30. The van der Waals surface area contributed by atoms with Crippen molar-refractivity contribution in [2.24, 2.45) is 5.73 Å². The van der Waals surface area contributed by atoms with Gasteiger partial charge in [0, 0.05) is 18.7 Å². The molecular formula is C14H21F2N3O. The van der Waals surface area contributed by atoms with E-state index >= 15 is 0 Å². The van der Waals surface area contributed by atoms with Crippen molar-refractivity contribution in [2.45, 2.75) is 25.8 Å². The zero-order chi connectivity index (χ0) is 15.0. The molecule has 0 radical (unpaired) electrons. The molecule has 0 heterocycles. The van der Waals surface area contributed by atoms with Crippen LogP contribution in [0.15, 0.2) is 24.3 Å². The highest BCUT2D eigenvalue weighted by Crippen LogP contribution is 2.10. The summed E-state index contributed by atoms with van der Waals surface area (Å²) in [7, 11) is 1.62. The summed E-state index contributed by atoms with van der Waals surface area (Å²) in [5.41, 5.74) is 7.20. The van der Waals surface area contributed by atoms with Gasteiger partial charge in [0.15, 0.2) is 0 Å². The fourth-order valence-corrected chi connectivity index (χ4v) is 1.78. The van der Waals surface area contributed by atoms with Gasteiger partial charge in [0.2, 0.25) is 5.91 Å². The molecule has 1 amide bonds. The Balaban J connectivity index is 2.25. The zero-order valence-electron chi connectivity index (χ0n) is 11.6. The van der Waals surface area contributed by atoms with E-state index in [1.165, 1.54) is 4.90 Å². The van der Waals surface area contributed by atoms with Crippen LogP contribution in [0.2, 0.25) is 0 Å². The van der Waals surface area contributed by atoms with Crippen LogP contribution in [-0.4, -0.2) is 37.4 Å². The van der Waals surface area contributed by atoms with E-state index < -0.39 is 6.43 Å². The number of hydrogen-bond donors (Lipinski definition) is 2. The minimum Gasteiger partial charge on any atom is -0.326 e. The minimum atomic E-state index is -2.34. The smallest absolute Gasteiger partial charge is 0.251 e. The lowest BCUT2D eigenvalue weighted by atomic mass is 10.2. The predicted octanol–water partition coefficient (Wildman–Crippen LogP) is 2.06. The first-order chi connectivity index (χ1) is 9.51. The van der Waals surface area contributed by atoms with Crippen LogP contribution >= 0.6 is 0 Å². The third kappa shape index (κ3) is 6.58. The average Bonchev–Trinajstić information content (AvgIpc) is 2.38. The quantitative estimate of drug-likeness (QED) is 0.768. The first-order valence-corrected chi connectivity index (χ1v) is 6.57. The summed E-state index contributed by atoms with van der Waals surface area (Å²) >= 11 is 0. The van der Waals surface area contributed by atoms with E-state index in [-0.39, 0.29) is 12.5 Å². The van der Waals surface area contributed by atoms with Gasteiger partial charge in [-0.3, -0.25) is 4.79 Å². The van der Waals surface area contributed by atoms with Gasteiger partial charge in [-0.15, -0.1) is 0 Å². The molecule has 1 aromatic carbocycles. The molecule has 0 saturated heterocycles. The van der Waals surface area contributed by atoms with E-state index in [1.54, 1.807) is 19.2 Å². The Morgan fingerprint density at radius 1 is 1.35 bits per heavy atom. The lowest BCUT2D eigenvalue weighted by molar-refractivity contribution is -0.116. The molecular weight excluding hydrogens is 264 g/mol. The molecule has 0 unspecified atom stereocenters. The van der Waals surface area contributed by atoms with E-state index in [4.69, 9.17) is 5.73 Å². The molecule has 0 fully saturated rings. The van der Waals surface area contributed by atoms with Crippen LogP contribution in [0.3, 0.4) is 0 Å². The Morgan fingerprint density at radius 3 is 2.55 bits per heavy atom. The van der Waals surface area contributed by atoms with Gasteiger partial charge in [0.05, 0.1) is 6.54 Å². The maximum Gasteiger partial charge on any atom is 0.251 e. The van der Waals surface area contributed by atoms with Gasteiger partial charge in [-0.05, 0) is 37.7 Å². The summed E-state index contributed by atoms with van der Waals surface area (Å²) in [5.74, 6) is -0.115. The molecule has 1 aromatic rings. The van der Waals surface area contributed by atoms with Crippen LogP contribution in [0.5, 0.6) is 0 Å². The summed E-state index contributed by atoms with van der Waals surface area (Å²) < 4.78 is 24.2. The van der Waals surface area contributed by atoms with Crippen molar-refractivity contribution >= 4 is 11.6 Å². The zero-order valence-corrected chi connectivity index (χ0v) is 11.6. The molecule has 112 valence electrons. The second-order valence-corrected chi connectivity index (χ2v) is 4.71. The molecule has 0 aliphatic rings. The van der Waals surface area contributed by atoms with Crippen LogP contribution < -0.4 is 11.1 Å². The molecule has 0 bridgehead atoms. The van der Waals surface area contributed by atoms with Crippen molar-refractivity contribution in [1.29, 1.82) is 0 Å². The maximum absolute atomic E-state index is 12.1. The van der Waals surface area contributed by atoms with E-state index in [2.05, 4.69) is 5.32 Å². The third-order valence-electron chi connectivity index (χ3n) is 2.87. The number of benzene rings is 1. The molecule has 1 rings (SSSR count). The molecule has 20 heavy (non-hydrogen) atoms. The van der Waals surface area contributed by atoms with Crippen molar-refractivity contribution in [2.75, 3.05) is 25.5 Å². The Bertz CT molecular complexity index is 409. The molecule has 0 aliphatic heterocycles. The van der Waals surface area contributed by atoms with Gasteiger partial charge in [0.25, 0.3) is 6.43 Å². The van der Waals surface area contributed by atoms with Gasteiger partial charge in [-0.1, -0.05) is 12.1 Å². The summed E-state index contributed by atoms with van der Waals surface area (Å²) in [6.07, 6.45) is -1.47. The molecule has 0 aliphatic carbocycles.